The van der Waals surface area contributed by atoms with Gasteiger partial charge in [0.1, 0.15) is 0 Å². The molecular formula is C16H17BrOS. The third-order valence-corrected chi connectivity index (χ3v) is 4.98. The van der Waals surface area contributed by atoms with E-state index < -0.39 is 6.10 Å². The molecule has 0 heterocycles. The predicted octanol–water partition coefficient (Wildman–Crippen LogP) is 5.10. The largest absolute Gasteiger partial charge is 0.389 e. The summed E-state index contributed by atoms with van der Waals surface area (Å²) < 4.78 is 1.04. The Morgan fingerprint density at radius 2 is 2.00 bits per heavy atom. The van der Waals surface area contributed by atoms with Crippen LogP contribution in [-0.4, -0.2) is 5.11 Å². The average molecular weight is 337 g/mol. The lowest BCUT2D eigenvalue weighted by Crippen LogP contribution is -1.91. The van der Waals surface area contributed by atoms with E-state index in [0.29, 0.717) is 0 Å². The first-order valence-electron chi connectivity index (χ1n) is 6.22. The molecule has 1 atom stereocenters. The molecule has 2 rings (SSSR count). The second kappa shape index (κ2) is 6.60. The summed E-state index contributed by atoms with van der Waals surface area (Å²) in [5, 5.41) is 9.55. The summed E-state index contributed by atoms with van der Waals surface area (Å²) in [5.41, 5.74) is 3.56. The van der Waals surface area contributed by atoms with E-state index in [1.807, 2.05) is 12.1 Å². The van der Waals surface area contributed by atoms with E-state index in [2.05, 4.69) is 53.2 Å². The zero-order chi connectivity index (χ0) is 13.8. The molecular weight excluding hydrogens is 320 g/mol. The van der Waals surface area contributed by atoms with Gasteiger partial charge in [-0.05, 0) is 53.0 Å². The molecule has 0 bridgehead atoms. The lowest BCUT2D eigenvalue weighted by atomic mass is 10.1. The van der Waals surface area contributed by atoms with Crippen LogP contribution in [0.15, 0.2) is 51.8 Å². The van der Waals surface area contributed by atoms with Crippen LogP contribution in [0.3, 0.4) is 0 Å². The molecule has 1 N–H and O–H groups in total. The summed E-state index contributed by atoms with van der Waals surface area (Å²) in [6.07, 6.45) is -0.424. The molecule has 2 aromatic carbocycles. The van der Waals surface area contributed by atoms with E-state index in [1.54, 1.807) is 18.7 Å². The van der Waals surface area contributed by atoms with Gasteiger partial charge in [-0.3, -0.25) is 0 Å². The summed E-state index contributed by atoms with van der Waals surface area (Å²) in [6, 6.07) is 14.6. The molecule has 0 amide bonds. The minimum atomic E-state index is -0.424. The number of aliphatic hydroxyl groups excluding tert-OH is 1. The van der Waals surface area contributed by atoms with Crippen LogP contribution in [0.1, 0.15) is 29.7 Å². The summed E-state index contributed by atoms with van der Waals surface area (Å²) in [5.74, 6) is 0.953. The van der Waals surface area contributed by atoms with Crippen LogP contribution in [0.5, 0.6) is 0 Å². The molecule has 3 heteroatoms. The number of benzene rings is 2. The molecule has 0 radical (unpaired) electrons. The van der Waals surface area contributed by atoms with Crippen molar-refractivity contribution in [2.24, 2.45) is 0 Å². The monoisotopic (exact) mass is 336 g/mol. The Balaban J connectivity index is 2.07. The number of halogens is 1. The van der Waals surface area contributed by atoms with E-state index in [0.717, 1.165) is 15.8 Å². The molecule has 0 aliphatic rings. The van der Waals surface area contributed by atoms with E-state index in [-0.39, 0.29) is 0 Å². The highest BCUT2D eigenvalue weighted by Gasteiger charge is 2.06. The van der Waals surface area contributed by atoms with Crippen LogP contribution in [0.2, 0.25) is 0 Å². The van der Waals surface area contributed by atoms with Gasteiger partial charge in [0.05, 0.1) is 6.10 Å². The van der Waals surface area contributed by atoms with Crippen LogP contribution in [0, 0.1) is 6.92 Å². The average Bonchev–Trinajstić information content (AvgIpc) is 2.37. The van der Waals surface area contributed by atoms with E-state index >= 15 is 0 Å². The highest BCUT2D eigenvalue weighted by Crippen LogP contribution is 2.32. The van der Waals surface area contributed by atoms with Gasteiger partial charge in [0.2, 0.25) is 0 Å². The maximum atomic E-state index is 9.55. The van der Waals surface area contributed by atoms with Crippen molar-refractivity contribution in [2.75, 3.05) is 0 Å². The van der Waals surface area contributed by atoms with Crippen molar-refractivity contribution < 1.29 is 5.11 Å². The Kier molecular flexibility index (Phi) is 5.08. The molecule has 0 aliphatic heterocycles. The summed E-state index contributed by atoms with van der Waals surface area (Å²) in [7, 11) is 0. The molecule has 0 fully saturated rings. The fourth-order valence-corrected chi connectivity index (χ4v) is 3.46. The van der Waals surface area contributed by atoms with Crippen LogP contribution in [0.25, 0.3) is 0 Å². The predicted molar refractivity (Wildman–Crippen MR) is 85.5 cm³/mol. The number of rotatable bonds is 4. The number of aryl methyl sites for hydroxylation is 1. The van der Waals surface area contributed by atoms with Gasteiger partial charge in [-0.25, -0.2) is 0 Å². The second-order valence-electron chi connectivity index (χ2n) is 4.64. The molecule has 1 unspecified atom stereocenters. The normalized spacial score (nSPS) is 12.4. The van der Waals surface area contributed by atoms with Gasteiger partial charge in [-0.1, -0.05) is 35.9 Å². The van der Waals surface area contributed by atoms with Crippen molar-refractivity contribution in [3.63, 3.8) is 0 Å². The Bertz CT molecular complexity index is 566. The van der Waals surface area contributed by atoms with Crippen LogP contribution in [0.4, 0.5) is 0 Å². The zero-order valence-electron chi connectivity index (χ0n) is 11.1. The van der Waals surface area contributed by atoms with Gasteiger partial charge in [-0.2, -0.15) is 0 Å². The lowest BCUT2D eigenvalue weighted by Gasteiger charge is -2.09. The van der Waals surface area contributed by atoms with E-state index in [9.17, 15) is 5.11 Å². The van der Waals surface area contributed by atoms with Crippen molar-refractivity contribution in [3.05, 3.63) is 63.6 Å². The fraction of sp³-hybridized carbons (Fsp3) is 0.250. The molecule has 19 heavy (non-hydrogen) atoms. The molecule has 0 saturated heterocycles. The summed E-state index contributed by atoms with van der Waals surface area (Å²) >= 11 is 5.37. The highest BCUT2D eigenvalue weighted by atomic mass is 79.9. The summed E-state index contributed by atoms with van der Waals surface area (Å²) in [4.78, 5) is 1.20. The number of hydrogen-bond donors (Lipinski definition) is 1. The zero-order valence-corrected chi connectivity index (χ0v) is 13.5. The van der Waals surface area contributed by atoms with Crippen molar-refractivity contribution in [2.45, 2.75) is 30.6 Å². The second-order valence-corrected chi connectivity index (χ2v) is 6.52. The molecule has 0 spiro atoms. The third-order valence-electron chi connectivity index (χ3n) is 2.92. The topological polar surface area (TPSA) is 20.2 Å². The lowest BCUT2D eigenvalue weighted by molar-refractivity contribution is 0.199. The maximum absolute atomic E-state index is 9.55. The Morgan fingerprint density at radius 1 is 1.21 bits per heavy atom. The number of thioether (sulfide) groups is 1. The SMILES string of the molecule is Cc1cccc(CSc2ccc(C(C)O)cc2Br)c1. The van der Waals surface area contributed by atoms with Gasteiger partial charge in [0.25, 0.3) is 0 Å². The highest BCUT2D eigenvalue weighted by molar-refractivity contribution is 9.10. The van der Waals surface area contributed by atoms with Gasteiger partial charge < -0.3 is 5.11 Å². The van der Waals surface area contributed by atoms with Gasteiger partial charge in [0.15, 0.2) is 0 Å². The smallest absolute Gasteiger partial charge is 0.0762 e. The number of aliphatic hydroxyl groups is 1. The van der Waals surface area contributed by atoms with Crippen molar-refractivity contribution in [3.8, 4) is 0 Å². The van der Waals surface area contributed by atoms with E-state index in [4.69, 9.17) is 0 Å². The van der Waals surface area contributed by atoms with Gasteiger partial charge in [-0.15, -0.1) is 11.8 Å². The van der Waals surface area contributed by atoms with Crippen molar-refractivity contribution >= 4 is 27.7 Å². The Labute approximate surface area is 127 Å². The number of hydrogen-bond acceptors (Lipinski definition) is 2. The van der Waals surface area contributed by atoms with Crippen molar-refractivity contribution in [1.82, 2.24) is 0 Å². The summed E-state index contributed by atoms with van der Waals surface area (Å²) in [6.45, 7) is 3.89. The molecule has 0 saturated carbocycles. The molecule has 100 valence electrons. The quantitative estimate of drug-likeness (QED) is 0.783. The first kappa shape index (κ1) is 14.6. The molecule has 0 aromatic heterocycles. The van der Waals surface area contributed by atoms with Gasteiger partial charge in [0, 0.05) is 15.1 Å². The first-order chi connectivity index (χ1) is 9.06. The van der Waals surface area contributed by atoms with Crippen LogP contribution < -0.4 is 0 Å². The van der Waals surface area contributed by atoms with Gasteiger partial charge >= 0.3 is 0 Å². The minimum absolute atomic E-state index is 0.424. The Hall–Kier alpha value is -0.770. The van der Waals surface area contributed by atoms with Crippen molar-refractivity contribution in [1.29, 1.82) is 0 Å². The Morgan fingerprint density at radius 3 is 2.63 bits per heavy atom. The first-order valence-corrected chi connectivity index (χ1v) is 8.00. The fourth-order valence-electron chi connectivity index (χ4n) is 1.86. The molecule has 1 nitrogen and oxygen atoms in total. The van der Waals surface area contributed by atoms with Crippen LogP contribution in [-0.2, 0) is 5.75 Å². The van der Waals surface area contributed by atoms with E-state index in [1.165, 1.54) is 16.0 Å². The third kappa shape index (κ3) is 4.10. The standard InChI is InChI=1S/C16H17BrOS/c1-11-4-3-5-13(8-11)10-19-16-7-6-14(12(2)18)9-15(16)17/h3-9,12,18H,10H2,1-2H3. The molecule has 0 aliphatic carbocycles. The van der Waals surface area contributed by atoms with Crippen LogP contribution >= 0.6 is 27.7 Å². The molecule has 2 aromatic rings. The maximum Gasteiger partial charge on any atom is 0.0762 e. The minimum Gasteiger partial charge on any atom is -0.389 e.